The molecule has 0 fully saturated rings. The molecule has 0 N–H and O–H groups in total. The van der Waals surface area contributed by atoms with Crippen molar-refractivity contribution in [1.29, 1.82) is 0 Å². The molecule has 0 heteroatoms. The molecule has 0 amide bonds. The molecule has 0 radical (unpaired) electrons. The van der Waals surface area contributed by atoms with Crippen molar-refractivity contribution in [3.05, 3.63) is 60.2 Å². The van der Waals surface area contributed by atoms with E-state index in [4.69, 9.17) is 0 Å². The van der Waals surface area contributed by atoms with E-state index in [1.165, 1.54) is 42.4 Å². The lowest BCUT2D eigenvalue weighted by Crippen LogP contribution is -1.99. The summed E-state index contributed by atoms with van der Waals surface area (Å²) in [6.07, 6.45) is 5.18. The van der Waals surface area contributed by atoms with Crippen LogP contribution < -0.4 is 0 Å². The molecular formula is C19H24. The van der Waals surface area contributed by atoms with E-state index in [1.807, 2.05) is 0 Å². The number of hydrogen-bond donors (Lipinski definition) is 0. The maximum atomic E-state index is 2.37. The van der Waals surface area contributed by atoms with Gasteiger partial charge in [0, 0.05) is 0 Å². The summed E-state index contributed by atoms with van der Waals surface area (Å²) in [5, 5.41) is 0. The van der Waals surface area contributed by atoms with Gasteiger partial charge in [-0.25, -0.2) is 0 Å². The third-order valence-corrected chi connectivity index (χ3v) is 3.67. The maximum Gasteiger partial charge on any atom is -0.0181 e. The predicted molar refractivity (Wildman–Crippen MR) is 84.3 cm³/mol. The first-order valence-corrected chi connectivity index (χ1v) is 7.44. The molecule has 2 aromatic rings. The van der Waals surface area contributed by atoms with Crippen LogP contribution in [0, 0.1) is 5.92 Å². The molecule has 1 unspecified atom stereocenters. The van der Waals surface area contributed by atoms with Crippen molar-refractivity contribution in [2.45, 2.75) is 39.5 Å². The Kier molecular flexibility index (Phi) is 5.20. The van der Waals surface area contributed by atoms with E-state index < -0.39 is 0 Å². The van der Waals surface area contributed by atoms with Gasteiger partial charge in [0.15, 0.2) is 0 Å². The van der Waals surface area contributed by atoms with Gasteiger partial charge < -0.3 is 0 Å². The van der Waals surface area contributed by atoms with Gasteiger partial charge in [-0.1, -0.05) is 87.7 Å². The van der Waals surface area contributed by atoms with Crippen LogP contribution in [0.1, 0.15) is 38.7 Å². The number of rotatable bonds is 6. The molecule has 0 aliphatic rings. The van der Waals surface area contributed by atoms with E-state index in [-0.39, 0.29) is 0 Å². The highest BCUT2D eigenvalue weighted by Crippen LogP contribution is 2.22. The van der Waals surface area contributed by atoms with Crippen molar-refractivity contribution in [2.75, 3.05) is 0 Å². The van der Waals surface area contributed by atoms with Gasteiger partial charge in [0.25, 0.3) is 0 Å². The summed E-state index contributed by atoms with van der Waals surface area (Å²) in [6, 6.07) is 19.6. The predicted octanol–water partition coefficient (Wildman–Crippen LogP) is 5.72. The lowest BCUT2D eigenvalue weighted by atomic mass is 9.94. The van der Waals surface area contributed by atoms with E-state index in [0.717, 1.165) is 5.92 Å². The summed E-state index contributed by atoms with van der Waals surface area (Å²) in [5.41, 5.74) is 4.11. The number of hydrogen-bond acceptors (Lipinski definition) is 0. The van der Waals surface area contributed by atoms with Gasteiger partial charge in [-0.05, 0) is 29.0 Å². The van der Waals surface area contributed by atoms with Crippen molar-refractivity contribution >= 4 is 0 Å². The molecule has 2 rings (SSSR count). The molecule has 0 bridgehead atoms. The standard InChI is InChI=1S/C19H24/c1-3-4-9-16(2)14-17-10-8-13-19(15-17)18-11-6-5-7-12-18/h5-8,10-13,15-16H,3-4,9,14H2,1-2H3. The molecule has 100 valence electrons. The van der Waals surface area contributed by atoms with Crippen LogP contribution in [0.25, 0.3) is 11.1 Å². The highest BCUT2D eigenvalue weighted by atomic mass is 14.1. The zero-order valence-electron chi connectivity index (χ0n) is 12.1. The molecule has 0 spiro atoms. The summed E-state index contributed by atoms with van der Waals surface area (Å²) in [5.74, 6) is 0.783. The van der Waals surface area contributed by atoms with E-state index in [9.17, 15) is 0 Å². The average Bonchev–Trinajstić information content (AvgIpc) is 2.46. The summed E-state index contributed by atoms with van der Waals surface area (Å²) in [4.78, 5) is 0. The van der Waals surface area contributed by atoms with Gasteiger partial charge in [-0.3, -0.25) is 0 Å². The molecular weight excluding hydrogens is 228 g/mol. The molecule has 0 heterocycles. The molecule has 1 atom stereocenters. The third-order valence-electron chi connectivity index (χ3n) is 3.67. The minimum absolute atomic E-state index is 0.783. The number of benzene rings is 2. The highest BCUT2D eigenvalue weighted by molar-refractivity contribution is 5.63. The monoisotopic (exact) mass is 252 g/mol. The molecule has 0 saturated heterocycles. The fourth-order valence-corrected chi connectivity index (χ4v) is 2.57. The first kappa shape index (κ1) is 13.9. The smallest absolute Gasteiger partial charge is 0.0181 e. The van der Waals surface area contributed by atoms with Gasteiger partial charge in [0.05, 0.1) is 0 Å². The Morgan fingerprint density at radius 1 is 0.895 bits per heavy atom. The largest absolute Gasteiger partial charge is 0.0654 e. The van der Waals surface area contributed by atoms with Gasteiger partial charge >= 0.3 is 0 Å². The molecule has 2 aromatic carbocycles. The van der Waals surface area contributed by atoms with Crippen LogP contribution in [-0.4, -0.2) is 0 Å². The fraction of sp³-hybridized carbons (Fsp3) is 0.368. The van der Waals surface area contributed by atoms with Crippen LogP contribution >= 0.6 is 0 Å². The van der Waals surface area contributed by atoms with Crippen molar-refractivity contribution < 1.29 is 0 Å². The highest BCUT2D eigenvalue weighted by Gasteiger charge is 2.04. The summed E-state index contributed by atoms with van der Waals surface area (Å²) in [6.45, 7) is 4.63. The zero-order chi connectivity index (χ0) is 13.5. The summed E-state index contributed by atoms with van der Waals surface area (Å²) < 4.78 is 0. The van der Waals surface area contributed by atoms with Crippen molar-refractivity contribution in [2.24, 2.45) is 5.92 Å². The van der Waals surface area contributed by atoms with Crippen LogP contribution in [0.3, 0.4) is 0 Å². The Hall–Kier alpha value is -1.56. The van der Waals surface area contributed by atoms with Crippen LogP contribution in [-0.2, 0) is 6.42 Å². The lowest BCUT2D eigenvalue weighted by Gasteiger charge is -2.12. The third kappa shape index (κ3) is 4.24. The second-order valence-electron chi connectivity index (χ2n) is 5.52. The average molecular weight is 252 g/mol. The van der Waals surface area contributed by atoms with E-state index >= 15 is 0 Å². The van der Waals surface area contributed by atoms with Crippen molar-refractivity contribution in [3.63, 3.8) is 0 Å². The zero-order valence-corrected chi connectivity index (χ0v) is 12.1. The van der Waals surface area contributed by atoms with Gasteiger partial charge in [0.1, 0.15) is 0 Å². The van der Waals surface area contributed by atoms with Gasteiger partial charge in [-0.15, -0.1) is 0 Å². The summed E-state index contributed by atoms with van der Waals surface area (Å²) >= 11 is 0. The minimum atomic E-state index is 0.783. The Balaban J connectivity index is 2.07. The van der Waals surface area contributed by atoms with Crippen LogP contribution in [0.15, 0.2) is 54.6 Å². The van der Waals surface area contributed by atoms with Crippen molar-refractivity contribution in [3.8, 4) is 11.1 Å². The first-order chi connectivity index (χ1) is 9.29. The molecule has 0 aliphatic heterocycles. The van der Waals surface area contributed by atoms with E-state index in [1.54, 1.807) is 0 Å². The summed E-state index contributed by atoms with van der Waals surface area (Å²) in [7, 11) is 0. The SMILES string of the molecule is CCCCC(C)Cc1cccc(-c2ccccc2)c1. The maximum absolute atomic E-state index is 2.37. The Morgan fingerprint density at radius 3 is 2.37 bits per heavy atom. The fourth-order valence-electron chi connectivity index (χ4n) is 2.57. The van der Waals surface area contributed by atoms with E-state index in [2.05, 4.69) is 68.4 Å². The molecule has 0 saturated carbocycles. The molecule has 0 nitrogen and oxygen atoms in total. The Morgan fingerprint density at radius 2 is 1.63 bits per heavy atom. The first-order valence-electron chi connectivity index (χ1n) is 7.44. The van der Waals surface area contributed by atoms with Gasteiger partial charge in [0.2, 0.25) is 0 Å². The second kappa shape index (κ2) is 7.13. The minimum Gasteiger partial charge on any atom is -0.0654 e. The van der Waals surface area contributed by atoms with Crippen LogP contribution in [0.5, 0.6) is 0 Å². The normalized spacial score (nSPS) is 12.3. The second-order valence-corrected chi connectivity index (χ2v) is 5.52. The van der Waals surface area contributed by atoms with E-state index in [0.29, 0.717) is 0 Å². The lowest BCUT2D eigenvalue weighted by molar-refractivity contribution is 0.504. The molecule has 0 aromatic heterocycles. The quantitative estimate of drug-likeness (QED) is 0.616. The van der Waals surface area contributed by atoms with Crippen LogP contribution in [0.2, 0.25) is 0 Å². The van der Waals surface area contributed by atoms with Gasteiger partial charge in [-0.2, -0.15) is 0 Å². The molecule has 0 aliphatic carbocycles. The Labute approximate surface area is 117 Å². The van der Waals surface area contributed by atoms with Crippen LogP contribution in [0.4, 0.5) is 0 Å². The topological polar surface area (TPSA) is 0 Å². The molecule has 19 heavy (non-hydrogen) atoms. The number of unbranched alkanes of at least 4 members (excludes halogenated alkanes) is 1. The van der Waals surface area contributed by atoms with Crippen molar-refractivity contribution in [1.82, 2.24) is 0 Å². The Bertz CT molecular complexity index is 484.